The summed E-state index contributed by atoms with van der Waals surface area (Å²) in [6.45, 7) is 10.8. The van der Waals surface area contributed by atoms with Gasteiger partial charge in [-0.25, -0.2) is 13.8 Å². The lowest BCUT2D eigenvalue weighted by Gasteiger charge is -2.28. The number of hydrogen-bond acceptors (Lipinski definition) is 5. The van der Waals surface area contributed by atoms with Gasteiger partial charge in [-0.1, -0.05) is 0 Å². The number of carbonyl (C=O) groups is 1. The first-order valence-electron chi connectivity index (χ1n) is 11.6. The number of amides is 1. The highest BCUT2D eigenvalue weighted by Gasteiger charge is 2.26. The number of fused-ring (bicyclic) bond motifs is 1. The van der Waals surface area contributed by atoms with Crippen LogP contribution in [0, 0.1) is 11.6 Å². The van der Waals surface area contributed by atoms with Gasteiger partial charge in [-0.3, -0.25) is 4.79 Å². The summed E-state index contributed by atoms with van der Waals surface area (Å²) in [5.74, 6) is -0.798. The molecule has 0 fully saturated rings. The summed E-state index contributed by atoms with van der Waals surface area (Å²) in [7, 11) is 0. The topological polar surface area (TPSA) is 80.2 Å². The molecule has 1 amide bonds. The van der Waals surface area contributed by atoms with Crippen LogP contribution in [0.15, 0.2) is 24.7 Å². The standard InChI is InChI=1S/C24H35F2N5O2/c1-5-33-9-8-27-14-24(3,4)31-13-22(28-15-31)30-23(32)16(2)29-19-7-6-17-10-18(25)11-21(26)20(17)12-19/h10-11,13,15-16,19,27,29H,5-9,12,14H2,1-4H3,(H,30,32). The van der Waals surface area contributed by atoms with E-state index in [1.165, 1.54) is 6.07 Å². The zero-order valence-corrected chi connectivity index (χ0v) is 19.9. The number of aromatic nitrogens is 2. The third-order valence-corrected chi connectivity index (χ3v) is 6.06. The van der Waals surface area contributed by atoms with Gasteiger partial charge in [0.1, 0.15) is 11.6 Å². The Kier molecular flexibility index (Phi) is 8.56. The molecule has 33 heavy (non-hydrogen) atoms. The van der Waals surface area contributed by atoms with E-state index in [9.17, 15) is 13.6 Å². The molecule has 9 heteroatoms. The summed E-state index contributed by atoms with van der Waals surface area (Å²) in [6, 6.07) is 1.77. The fourth-order valence-corrected chi connectivity index (χ4v) is 4.09. The predicted molar refractivity (Wildman–Crippen MR) is 124 cm³/mol. The molecule has 2 unspecified atom stereocenters. The molecule has 3 N–H and O–H groups in total. The van der Waals surface area contributed by atoms with E-state index in [1.54, 1.807) is 13.3 Å². The van der Waals surface area contributed by atoms with Gasteiger partial charge in [-0.05, 0) is 64.2 Å². The minimum absolute atomic E-state index is 0.0579. The summed E-state index contributed by atoms with van der Waals surface area (Å²) in [6.07, 6.45) is 5.24. The summed E-state index contributed by atoms with van der Waals surface area (Å²) < 4.78 is 34.9. The fourth-order valence-electron chi connectivity index (χ4n) is 4.09. The zero-order valence-electron chi connectivity index (χ0n) is 19.9. The number of halogens is 2. The highest BCUT2D eigenvalue weighted by Crippen LogP contribution is 2.25. The van der Waals surface area contributed by atoms with Crippen molar-refractivity contribution in [2.24, 2.45) is 0 Å². The van der Waals surface area contributed by atoms with E-state index in [0.29, 0.717) is 49.4 Å². The van der Waals surface area contributed by atoms with Gasteiger partial charge in [0.25, 0.3) is 0 Å². The molecule has 1 aromatic heterocycles. The highest BCUT2D eigenvalue weighted by molar-refractivity contribution is 5.93. The van der Waals surface area contributed by atoms with E-state index in [-0.39, 0.29) is 17.5 Å². The van der Waals surface area contributed by atoms with Gasteiger partial charge in [0.2, 0.25) is 5.91 Å². The molecule has 1 heterocycles. The van der Waals surface area contributed by atoms with Gasteiger partial charge in [-0.15, -0.1) is 0 Å². The van der Waals surface area contributed by atoms with Crippen LogP contribution in [-0.4, -0.2) is 53.8 Å². The Morgan fingerprint density at radius 2 is 2.15 bits per heavy atom. The Labute approximate surface area is 194 Å². The molecular formula is C24H35F2N5O2. The van der Waals surface area contributed by atoms with Crippen molar-refractivity contribution in [3.63, 3.8) is 0 Å². The second kappa shape index (κ2) is 11.2. The number of nitrogens with one attached hydrogen (secondary N) is 3. The molecule has 0 saturated heterocycles. The predicted octanol–water partition coefficient (Wildman–Crippen LogP) is 3.00. The molecule has 3 rings (SSSR count). The normalized spacial score (nSPS) is 17.0. The molecule has 0 spiro atoms. The Balaban J connectivity index is 1.50. The van der Waals surface area contributed by atoms with Crippen molar-refractivity contribution in [2.75, 3.05) is 31.6 Å². The van der Waals surface area contributed by atoms with Crippen molar-refractivity contribution in [3.8, 4) is 0 Å². The first-order valence-corrected chi connectivity index (χ1v) is 11.6. The van der Waals surface area contributed by atoms with Crippen LogP contribution in [0.1, 0.15) is 45.2 Å². The molecule has 2 aromatic rings. The van der Waals surface area contributed by atoms with Crippen LogP contribution in [0.4, 0.5) is 14.6 Å². The van der Waals surface area contributed by atoms with Gasteiger partial charge in [0, 0.05) is 38.0 Å². The molecule has 0 saturated carbocycles. The first-order chi connectivity index (χ1) is 15.7. The molecular weight excluding hydrogens is 428 g/mol. The van der Waals surface area contributed by atoms with E-state index in [2.05, 4.69) is 34.8 Å². The third kappa shape index (κ3) is 6.82. The molecule has 0 radical (unpaired) electrons. The van der Waals surface area contributed by atoms with Gasteiger partial charge in [0.05, 0.1) is 24.5 Å². The lowest BCUT2D eigenvalue weighted by molar-refractivity contribution is -0.118. The van der Waals surface area contributed by atoms with Gasteiger partial charge >= 0.3 is 0 Å². The quantitative estimate of drug-likeness (QED) is 0.447. The zero-order chi connectivity index (χ0) is 24.0. The van der Waals surface area contributed by atoms with Gasteiger partial charge in [-0.2, -0.15) is 0 Å². The molecule has 1 aliphatic rings. The minimum Gasteiger partial charge on any atom is -0.380 e. The van der Waals surface area contributed by atoms with Crippen molar-refractivity contribution in [2.45, 2.75) is 64.6 Å². The SMILES string of the molecule is CCOCCNCC(C)(C)n1cnc(NC(=O)C(C)NC2CCc3cc(F)cc(F)c3C2)c1. The van der Waals surface area contributed by atoms with Crippen LogP contribution in [0.5, 0.6) is 0 Å². The third-order valence-electron chi connectivity index (χ3n) is 6.06. The van der Waals surface area contributed by atoms with Crippen LogP contribution >= 0.6 is 0 Å². The Morgan fingerprint density at radius 1 is 1.36 bits per heavy atom. The largest absolute Gasteiger partial charge is 0.380 e. The fraction of sp³-hybridized carbons (Fsp3) is 0.583. The maximum absolute atomic E-state index is 14.2. The number of benzene rings is 1. The van der Waals surface area contributed by atoms with E-state index in [0.717, 1.165) is 19.2 Å². The summed E-state index contributed by atoms with van der Waals surface area (Å²) >= 11 is 0. The highest BCUT2D eigenvalue weighted by atomic mass is 19.1. The molecule has 182 valence electrons. The summed E-state index contributed by atoms with van der Waals surface area (Å²) in [4.78, 5) is 17.0. The number of hydrogen-bond donors (Lipinski definition) is 3. The maximum Gasteiger partial charge on any atom is 0.242 e. The van der Waals surface area contributed by atoms with Crippen molar-refractivity contribution in [3.05, 3.63) is 47.4 Å². The van der Waals surface area contributed by atoms with Gasteiger partial charge < -0.3 is 25.3 Å². The van der Waals surface area contributed by atoms with Crippen molar-refractivity contribution in [1.29, 1.82) is 0 Å². The molecule has 0 bridgehead atoms. The second-order valence-corrected chi connectivity index (χ2v) is 9.19. The average molecular weight is 464 g/mol. The minimum atomic E-state index is -0.547. The Hall–Kier alpha value is -2.36. The number of carbonyl (C=O) groups excluding carboxylic acids is 1. The molecule has 0 aliphatic heterocycles. The molecule has 1 aromatic carbocycles. The number of imidazole rings is 1. The van der Waals surface area contributed by atoms with Crippen molar-refractivity contribution in [1.82, 2.24) is 20.2 Å². The Morgan fingerprint density at radius 3 is 2.91 bits per heavy atom. The van der Waals surface area contributed by atoms with E-state index in [4.69, 9.17) is 4.74 Å². The van der Waals surface area contributed by atoms with Crippen LogP contribution in [-0.2, 0) is 27.9 Å². The Bertz CT molecular complexity index is 947. The van der Waals surface area contributed by atoms with Crippen LogP contribution < -0.4 is 16.0 Å². The monoisotopic (exact) mass is 463 g/mol. The number of rotatable bonds is 11. The van der Waals surface area contributed by atoms with Crippen molar-refractivity contribution < 1.29 is 18.3 Å². The smallest absolute Gasteiger partial charge is 0.242 e. The van der Waals surface area contributed by atoms with E-state index < -0.39 is 17.7 Å². The van der Waals surface area contributed by atoms with Crippen LogP contribution in [0.2, 0.25) is 0 Å². The lowest BCUT2D eigenvalue weighted by Crippen LogP contribution is -2.46. The second-order valence-electron chi connectivity index (χ2n) is 9.19. The number of nitrogens with zero attached hydrogens (tertiary/aromatic N) is 2. The van der Waals surface area contributed by atoms with Crippen molar-refractivity contribution >= 4 is 11.7 Å². The molecule has 1 aliphatic carbocycles. The molecule has 2 atom stereocenters. The average Bonchev–Trinajstić information content (AvgIpc) is 3.23. The van der Waals surface area contributed by atoms with Gasteiger partial charge in [0.15, 0.2) is 5.82 Å². The first kappa shape index (κ1) is 25.3. The van der Waals surface area contributed by atoms with E-state index >= 15 is 0 Å². The summed E-state index contributed by atoms with van der Waals surface area (Å²) in [5, 5.41) is 9.49. The number of ether oxygens (including phenoxy) is 1. The van der Waals surface area contributed by atoms with Crippen LogP contribution in [0.3, 0.4) is 0 Å². The number of anilines is 1. The molecule has 7 nitrogen and oxygen atoms in total. The number of aryl methyl sites for hydroxylation is 1. The lowest BCUT2D eigenvalue weighted by atomic mass is 9.87. The maximum atomic E-state index is 14.2. The van der Waals surface area contributed by atoms with E-state index in [1.807, 2.05) is 17.7 Å². The summed E-state index contributed by atoms with van der Waals surface area (Å²) in [5.41, 5.74) is 1.01. The van der Waals surface area contributed by atoms with Crippen LogP contribution in [0.25, 0.3) is 0 Å².